The Hall–Kier alpha value is -3.21. The van der Waals surface area contributed by atoms with Crippen molar-refractivity contribution in [3.8, 4) is 23.8 Å². The van der Waals surface area contributed by atoms with Crippen molar-refractivity contribution in [1.82, 2.24) is 0 Å². The van der Waals surface area contributed by atoms with Gasteiger partial charge in [-0.05, 0) is 78.4 Å². The summed E-state index contributed by atoms with van der Waals surface area (Å²) in [6, 6.07) is 11.9. The fourth-order valence-electron chi connectivity index (χ4n) is 5.94. The predicted octanol–water partition coefficient (Wildman–Crippen LogP) is 7.99. The molecule has 0 aliphatic carbocycles. The molecule has 0 atom stereocenters. The van der Waals surface area contributed by atoms with Crippen LogP contribution < -0.4 is 10.5 Å². The van der Waals surface area contributed by atoms with Crippen LogP contribution in [-0.4, -0.2) is 14.6 Å². The zero-order valence-electron chi connectivity index (χ0n) is 24.0. The summed E-state index contributed by atoms with van der Waals surface area (Å²) in [7, 11) is -1.85. The topological polar surface area (TPSA) is 33.5 Å². The van der Waals surface area contributed by atoms with Gasteiger partial charge in [-0.2, -0.15) is 0 Å². The van der Waals surface area contributed by atoms with E-state index in [4.69, 9.17) is 10.8 Å². The highest BCUT2D eigenvalue weighted by molar-refractivity contribution is 6.90. The molecule has 2 aromatic carbocycles. The quantitative estimate of drug-likeness (QED) is 0.183. The second-order valence-corrected chi connectivity index (χ2v) is 16.7. The second-order valence-electron chi connectivity index (χ2n) is 11.1. The lowest BCUT2D eigenvalue weighted by Crippen LogP contribution is -2.43. The number of aryl methyl sites for hydroxylation is 2. The molecule has 0 aliphatic rings. The average Bonchev–Trinajstić information content (AvgIpc) is 2.82. The average molecular weight is 512 g/mol. The summed E-state index contributed by atoms with van der Waals surface area (Å²) in [6.07, 6.45) is 5.86. The molecular formula is C33H41NO2Si. The third-order valence-electron chi connectivity index (χ3n) is 7.81. The number of fused-ring (bicyclic) bond motifs is 1. The Morgan fingerprint density at radius 1 is 0.892 bits per heavy atom. The number of rotatable bonds is 7. The Bertz CT molecular complexity index is 1420. The number of terminal acetylenes is 1. The minimum absolute atomic E-state index is 0.323. The van der Waals surface area contributed by atoms with E-state index >= 15 is 0 Å². The Morgan fingerprint density at radius 3 is 2.08 bits per heavy atom. The van der Waals surface area contributed by atoms with E-state index in [2.05, 4.69) is 95.9 Å². The van der Waals surface area contributed by atoms with E-state index in [0.717, 1.165) is 45.4 Å². The van der Waals surface area contributed by atoms with Crippen LogP contribution in [0.3, 0.4) is 0 Å². The highest BCUT2D eigenvalue weighted by atomic mass is 28.3. The Morgan fingerprint density at radius 2 is 1.51 bits per heavy atom. The van der Waals surface area contributed by atoms with Crippen molar-refractivity contribution in [3.05, 3.63) is 74.6 Å². The zero-order valence-corrected chi connectivity index (χ0v) is 25.0. The summed E-state index contributed by atoms with van der Waals surface area (Å²) in [4.78, 5) is 14.3. The third kappa shape index (κ3) is 5.87. The number of nitrogens with zero attached hydrogens (tertiary/aromatic N) is 1. The Balaban J connectivity index is 2.05. The summed E-state index contributed by atoms with van der Waals surface area (Å²) in [5, 5.41) is 0.969. The molecule has 0 saturated heterocycles. The van der Waals surface area contributed by atoms with Crippen LogP contribution in [0, 0.1) is 37.7 Å². The molecule has 0 bridgehead atoms. The summed E-state index contributed by atoms with van der Waals surface area (Å²) in [5.41, 5.74) is 11.9. The standard InChI is InChI=1S/C33H41NO2Si/c1-11-27-17-28(13-14-37(22(3)4,23(5)6)24(7)8)19-29(18-27)21-34(12-2)31-20-32-30(15-26(31)10)25(9)16-33(35)36-32/h1,15-20,22-24H,12,21H2,2-10H3. The van der Waals surface area contributed by atoms with E-state index < -0.39 is 8.07 Å². The minimum Gasteiger partial charge on any atom is -0.423 e. The van der Waals surface area contributed by atoms with Crippen LogP contribution in [0.1, 0.15) is 76.3 Å². The maximum atomic E-state index is 12.0. The van der Waals surface area contributed by atoms with Crippen LogP contribution in [0.15, 0.2) is 45.6 Å². The van der Waals surface area contributed by atoms with Gasteiger partial charge in [0.15, 0.2) is 0 Å². The molecule has 194 valence electrons. The first-order valence-corrected chi connectivity index (χ1v) is 15.6. The second kappa shape index (κ2) is 11.5. The Kier molecular flexibility index (Phi) is 8.78. The molecule has 1 heterocycles. The summed E-state index contributed by atoms with van der Waals surface area (Å²) < 4.78 is 5.54. The largest absolute Gasteiger partial charge is 0.423 e. The molecule has 4 heteroatoms. The maximum Gasteiger partial charge on any atom is 0.336 e. The maximum absolute atomic E-state index is 12.0. The van der Waals surface area contributed by atoms with E-state index in [1.54, 1.807) is 6.07 Å². The Labute approximate surface area is 224 Å². The highest BCUT2D eigenvalue weighted by Crippen LogP contribution is 2.40. The molecule has 0 fully saturated rings. The lowest BCUT2D eigenvalue weighted by molar-refractivity contribution is 0.559. The van der Waals surface area contributed by atoms with Crippen molar-refractivity contribution in [2.75, 3.05) is 11.4 Å². The van der Waals surface area contributed by atoms with Gasteiger partial charge in [0.25, 0.3) is 0 Å². The molecule has 3 aromatic rings. The van der Waals surface area contributed by atoms with E-state index in [1.807, 2.05) is 19.1 Å². The van der Waals surface area contributed by atoms with E-state index in [0.29, 0.717) is 28.8 Å². The van der Waals surface area contributed by atoms with Crippen molar-refractivity contribution in [2.24, 2.45) is 0 Å². The van der Waals surface area contributed by atoms with Gasteiger partial charge in [0.1, 0.15) is 13.7 Å². The molecule has 0 spiro atoms. The molecule has 0 aliphatic heterocycles. The normalized spacial score (nSPS) is 11.6. The summed E-state index contributed by atoms with van der Waals surface area (Å²) in [5.74, 6) is 6.40. The molecule has 0 N–H and O–H groups in total. The number of benzene rings is 2. The first-order valence-electron chi connectivity index (χ1n) is 13.4. The SMILES string of the molecule is C#Cc1cc(C#C[Si](C(C)C)(C(C)C)C(C)C)cc(CN(CC)c2cc3oc(=O)cc(C)c3cc2C)c1. The van der Waals surface area contributed by atoms with E-state index in [9.17, 15) is 4.79 Å². The zero-order chi connectivity index (χ0) is 27.5. The number of anilines is 1. The van der Waals surface area contributed by atoms with Crippen molar-refractivity contribution < 1.29 is 4.42 Å². The van der Waals surface area contributed by atoms with Gasteiger partial charge in [-0.15, -0.1) is 12.0 Å². The van der Waals surface area contributed by atoms with Gasteiger partial charge in [0.2, 0.25) is 0 Å². The highest BCUT2D eigenvalue weighted by Gasteiger charge is 2.41. The monoisotopic (exact) mass is 511 g/mol. The first kappa shape index (κ1) is 28.4. The van der Waals surface area contributed by atoms with E-state index in [-0.39, 0.29) is 5.63 Å². The molecular weight excluding hydrogens is 470 g/mol. The van der Waals surface area contributed by atoms with Gasteiger partial charge in [0, 0.05) is 47.4 Å². The molecule has 1 aromatic heterocycles. The predicted molar refractivity (Wildman–Crippen MR) is 161 cm³/mol. The first-order chi connectivity index (χ1) is 17.4. The lowest BCUT2D eigenvalue weighted by atomic mass is 10.0. The van der Waals surface area contributed by atoms with Gasteiger partial charge in [0.05, 0.1) is 0 Å². The smallest absolute Gasteiger partial charge is 0.336 e. The molecule has 0 unspecified atom stereocenters. The van der Waals surface area contributed by atoms with Gasteiger partial charge < -0.3 is 9.32 Å². The molecule has 0 radical (unpaired) electrons. The molecule has 0 amide bonds. The van der Waals surface area contributed by atoms with Crippen LogP contribution >= 0.6 is 0 Å². The molecule has 37 heavy (non-hydrogen) atoms. The summed E-state index contributed by atoms with van der Waals surface area (Å²) >= 11 is 0. The van der Waals surface area contributed by atoms with Crippen molar-refractivity contribution in [3.63, 3.8) is 0 Å². The van der Waals surface area contributed by atoms with Gasteiger partial charge in [-0.25, -0.2) is 4.79 Å². The fourth-order valence-corrected chi connectivity index (χ4v) is 11.2. The molecule has 3 rings (SSSR count). The molecule has 0 saturated carbocycles. The van der Waals surface area contributed by atoms with E-state index in [1.165, 1.54) is 0 Å². The van der Waals surface area contributed by atoms with Crippen molar-refractivity contribution >= 4 is 24.7 Å². The van der Waals surface area contributed by atoms with Crippen LogP contribution in [-0.2, 0) is 6.54 Å². The third-order valence-corrected chi connectivity index (χ3v) is 14.1. The van der Waals surface area contributed by atoms with Crippen molar-refractivity contribution in [1.29, 1.82) is 0 Å². The van der Waals surface area contributed by atoms with Crippen LogP contribution in [0.5, 0.6) is 0 Å². The fraction of sp³-hybridized carbons (Fsp3) is 0.424. The summed E-state index contributed by atoms with van der Waals surface area (Å²) in [6.45, 7) is 21.7. The lowest BCUT2D eigenvalue weighted by Gasteiger charge is -2.38. The van der Waals surface area contributed by atoms with Gasteiger partial charge in [-0.1, -0.05) is 53.4 Å². The number of hydrogen-bond donors (Lipinski definition) is 0. The van der Waals surface area contributed by atoms with Gasteiger partial charge in [-0.3, -0.25) is 0 Å². The molecule has 3 nitrogen and oxygen atoms in total. The van der Waals surface area contributed by atoms with Crippen LogP contribution in [0.25, 0.3) is 11.0 Å². The van der Waals surface area contributed by atoms with Crippen molar-refractivity contribution in [2.45, 2.75) is 85.5 Å². The van der Waals surface area contributed by atoms with Crippen LogP contribution in [0.2, 0.25) is 16.6 Å². The van der Waals surface area contributed by atoms with Crippen LogP contribution in [0.4, 0.5) is 5.69 Å². The minimum atomic E-state index is -1.85. The van der Waals surface area contributed by atoms with Gasteiger partial charge >= 0.3 is 5.63 Å². The number of hydrogen-bond acceptors (Lipinski definition) is 3.